The molecule has 0 aliphatic heterocycles. The summed E-state index contributed by atoms with van der Waals surface area (Å²) in [6.07, 6.45) is 5.98. The lowest BCUT2D eigenvalue weighted by Crippen LogP contribution is -2.05. The van der Waals surface area contributed by atoms with Crippen LogP contribution in [0.1, 0.15) is 21.6 Å². The fourth-order valence-electron chi connectivity index (χ4n) is 3.04. The number of ketones is 1. The number of fused-ring (bicyclic) bond motifs is 1. The summed E-state index contributed by atoms with van der Waals surface area (Å²) >= 11 is 0. The Morgan fingerprint density at radius 1 is 0.962 bits per heavy atom. The normalized spacial score (nSPS) is 11.0. The van der Waals surface area contributed by atoms with Gasteiger partial charge in [-0.2, -0.15) is 5.10 Å². The molecule has 4 nitrogen and oxygen atoms in total. The Bertz CT molecular complexity index is 1090. The summed E-state index contributed by atoms with van der Waals surface area (Å²) in [7, 11) is 1.91. The lowest BCUT2D eigenvalue weighted by molar-refractivity contribution is 0.0992. The zero-order valence-electron chi connectivity index (χ0n) is 14.8. The average molecular weight is 341 g/mol. The first-order chi connectivity index (χ1) is 12.6. The van der Waals surface area contributed by atoms with Gasteiger partial charge in [-0.1, -0.05) is 42.0 Å². The highest BCUT2D eigenvalue weighted by molar-refractivity contribution is 5.98. The van der Waals surface area contributed by atoms with Crippen LogP contribution < -0.4 is 0 Å². The summed E-state index contributed by atoms with van der Waals surface area (Å²) < 4.78 is 1.79. The molecule has 0 radical (unpaired) electrons. The van der Waals surface area contributed by atoms with Crippen LogP contribution in [0.4, 0.5) is 0 Å². The molecule has 0 N–H and O–H groups in total. The van der Waals surface area contributed by atoms with Gasteiger partial charge in [0.25, 0.3) is 0 Å². The van der Waals surface area contributed by atoms with Gasteiger partial charge in [0.1, 0.15) is 0 Å². The van der Waals surface area contributed by atoms with E-state index in [1.165, 1.54) is 0 Å². The molecule has 2 heterocycles. The number of pyridine rings is 1. The van der Waals surface area contributed by atoms with Crippen molar-refractivity contribution in [3.63, 3.8) is 0 Å². The van der Waals surface area contributed by atoms with Crippen molar-refractivity contribution in [1.82, 2.24) is 14.8 Å². The molecule has 0 atom stereocenters. The van der Waals surface area contributed by atoms with Gasteiger partial charge in [0.05, 0.1) is 12.6 Å². The second-order valence-electron chi connectivity index (χ2n) is 6.61. The van der Waals surface area contributed by atoms with Gasteiger partial charge in [-0.3, -0.25) is 14.5 Å². The number of benzene rings is 2. The number of nitrogens with zero attached hydrogens (tertiary/aromatic N) is 3. The Labute approximate surface area is 152 Å². The van der Waals surface area contributed by atoms with Crippen LogP contribution in [0.15, 0.2) is 67.1 Å². The maximum absolute atomic E-state index is 12.5. The number of hydrogen-bond acceptors (Lipinski definition) is 3. The highest BCUT2D eigenvalue weighted by Gasteiger charge is 2.09. The van der Waals surface area contributed by atoms with E-state index in [0.717, 1.165) is 38.7 Å². The van der Waals surface area contributed by atoms with Crippen LogP contribution in [0.3, 0.4) is 0 Å². The Kier molecular flexibility index (Phi) is 4.09. The molecule has 0 spiro atoms. The highest BCUT2D eigenvalue weighted by Crippen LogP contribution is 2.24. The molecule has 128 valence electrons. The highest BCUT2D eigenvalue weighted by atomic mass is 16.1. The van der Waals surface area contributed by atoms with E-state index in [1.54, 1.807) is 4.68 Å². The van der Waals surface area contributed by atoms with Crippen molar-refractivity contribution >= 4 is 16.6 Å². The molecule has 0 aliphatic carbocycles. The van der Waals surface area contributed by atoms with E-state index in [1.807, 2.05) is 62.9 Å². The summed E-state index contributed by atoms with van der Waals surface area (Å²) in [5, 5.41) is 6.37. The van der Waals surface area contributed by atoms with Crippen LogP contribution in [-0.4, -0.2) is 20.5 Å². The van der Waals surface area contributed by atoms with Gasteiger partial charge in [0.2, 0.25) is 0 Å². The molecule has 4 rings (SSSR count). The molecule has 0 aliphatic rings. The van der Waals surface area contributed by atoms with E-state index in [2.05, 4.69) is 28.3 Å². The molecule has 2 aromatic carbocycles. The van der Waals surface area contributed by atoms with Crippen LogP contribution in [-0.2, 0) is 13.5 Å². The Morgan fingerprint density at radius 2 is 1.77 bits per heavy atom. The van der Waals surface area contributed by atoms with Gasteiger partial charge in [-0.05, 0) is 30.0 Å². The SMILES string of the molecule is Cc1ccc(C(=O)Cc2cc3cc(-c4cnn(C)c4)ccc3cn2)cc1. The molecule has 0 fully saturated rings. The summed E-state index contributed by atoms with van der Waals surface area (Å²) in [4.78, 5) is 17.0. The second-order valence-corrected chi connectivity index (χ2v) is 6.61. The fraction of sp³-hybridized carbons (Fsp3) is 0.136. The molecule has 0 unspecified atom stereocenters. The summed E-state index contributed by atoms with van der Waals surface area (Å²) in [5.41, 5.74) is 4.83. The van der Waals surface area contributed by atoms with Crippen LogP contribution in [0.5, 0.6) is 0 Å². The third-order valence-corrected chi connectivity index (χ3v) is 4.53. The number of carbonyl (C=O) groups is 1. The summed E-state index contributed by atoms with van der Waals surface area (Å²) in [6, 6.07) is 15.9. The van der Waals surface area contributed by atoms with E-state index < -0.39 is 0 Å². The third-order valence-electron chi connectivity index (χ3n) is 4.53. The van der Waals surface area contributed by atoms with Crippen molar-refractivity contribution in [2.24, 2.45) is 7.05 Å². The maximum Gasteiger partial charge on any atom is 0.168 e. The molecule has 0 saturated carbocycles. The van der Waals surface area contributed by atoms with E-state index >= 15 is 0 Å². The average Bonchev–Trinajstić information content (AvgIpc) is 3.08. The molecule has 4 aromatic rings. The van der Waals surface area contributed by atoms with Crippen LogP contribution in [0.25, 0.3) is 21.9 Å². The number of carbonyl (C=O) groups excluding carboxylic acids is 1. The zero-order valence-corrected chi connectivity index (χ0v) is 14.8. The van der Waals surface area contributed by atoms with Crippen LogP contribution in [0.2, 0.25) is 0 Å². The predicted molar refractivity (Wildman–Crippen MR) is 103 cm³/mol. The smallest absolute Gasteiger partial charge is 0.168 e. The van der Waals surface area contributed by atoms with Crippen molar-refractivity contribution in [1.29, 1.82) is 0 Å². The predicted octanol–water partition coefficient (Wildman–Crippen LogP) is 4.37. The van der Waals surface area contributed by atoms with Crippen molar-refractivity contribution < 1.29 is 4.79 Å². The first-order valence-corrected chi connectivity index (χ1v) is 8.56. The lowest BCUT2D eigenvalue weighted by atomic mass is 10.0. The lowest BCUT2D eigenvalue weighted by Gasteiger charge is -2.05. The molecule has 0 bridgehead atoms. The Balaban J connectivity index is 1.63. The second kappa shape index (κ2) is 6.56. The van der Waals surface area contributed by atoms with Gasteiger partial charge >= 0.3 is 0 Å². The van der Waals surface area contributed by atoms with Gasteiger partial charge in [-0.25, -0.2) is 0 Å². The largest absolute Gasteiger partial charge is 0.294 e. The monoisotopic (exact) mass is 341 g/mol. The van der Waals surface area contributed by atoms with Crippen molar-refractivity contribution in [2.45, 2.75) is 13.3 Å². The first kappa shape index (κ1) is 16.2. The maximum atomic E-state index is 12.5. The number of rotatable bonds is 4. The van der Waals surface area contributed by atoms with Crippen molar-refractivity contribution in [3.8, 4) is 11.1 Å². The standard InChI is InChI=1S/C22H19N3O/c1-15-3-5-16(6-4-15)22(26)11-21-10-19-9-17(7-8-18(19)12-23-21)20-13-24-25(2)14-20/h3-10,12-14H,11H2,1-2H3. The van der Waals surface area contributed by atoms with E-state index in [4.69, 9.17) is 0 Å². The van der Waals surface area contributed by atoms with Crippen molar-refractivity contribution in [2.75, 3.05) is 0 Å². The number of Topliss-reactive ketones (excluding diaryl/α,β-unsaturated/α-hetero) is 1. The molecular weight excluding hydrogens is 322 g/mol. The molecule has 0 saturated heterocycles. The van der Waals surface area contributed by atoms with E-state index in [9.17, 15) is 4.79 Å². The van der Waals surface area contributed by atoms with E-state index in [0.29, 0.717) is 6.42 Å². The zero-order chi connectivity index (χ0) is 18.1. The van der Waals surface area contributed by atoms with Crippen LogP contribution in [0, 0.1) is 6.92 Å². The summed E-state index contributed by atoms with van der Waals surface area (Å²) in [5.74, 6) is 0.0836. The fourth-order valence-corrected chi connectivity index (χ4v) is 3.04. The van der Waals surface area contributed by atoms with Gasteiger partial charge < -0.3 is 0 Å². The molecule has 26 heavy (non-hydrogen) atoms. The van der Waals surface area contributed by atoms with Crippen LogP contribution >= 0.6 is 0 Å². The third kappa shape index (κ3) is 3.26. The summed E-state index contributed by atoms with van der Waals surface area (Å²) in [6.45, 7) is 2.01. The number of aromatic nitrogens is 3. The Hall–Kier alpha value is -3.27. The number of hydrogen-bond donors (Lipinski definition) is 0. The molecular formula is C22H19N3O. The quantitative estimate of drug-likeness (QED) is 0.518. The number of aryl methyl sites for hydroxylation is 2. The minimum atomic E-state index is 0.0836. The van der Waals surface area contributed by atoms with Crippen molar-refractivity contribution in [3.05, 3.63) is 83.9 Å². The minimum Gasteiger partial charge on any atom is -0.294 e. The Morgan fingerprint density at radius 3 is 2.50 bits per heavy atom. The molecule has 4 heteroatoms. The molecule has 0 amide bonds. The first-order valence-electron chi connectivity index (χ1n) is 8.56. The topological polar surface area (TPSA) is 47.8 Å². The van der Waals surface area contributed by atoms with E-state index in [-0.39, 0.29) is 5.78 Å². The van der Waals surface area contributed by atoms with Gasteiger partial charge in [0, 0.05) is 41.6 Å². The molecule has 2 aromatic heterocycles. The minimum absolute atomic E-state index is 0.0836. The van der Waals surface area contributed by atoms with Gasteiger partial charge in [0.15, 0.2) is 5.78 Å². The van der Waals surface area contributed by atoms with Gasteiger partial charge in [-0.15, -0.1) is 0 Å².